The number of nitrogens with two attached hydrogens (primary N) is 1. The summed E-state index contributed by atoms with van der Waals surface area (Å²) < 4.78 is 14.0. The molecule has 20 heavy (non-hydrogen) atoms. The molecule has 2 rings (SSSR count). The zero-order valence-electron chi connectivity index (χ0n) is 12.1. The third-order valence-electron chi connectivity index (χ3n) is 3.40. The standard InChI is InChI=1S/C17H21FN2/c1-3-20(17-7-5-4-6-15(17)18)16-9-8-13(2)12-14(16)10-11-19/h4-9,12H,3,10-11,19H2,1-2H3. The molecule has 0 radical (unpaired) electrons. The van der Waals surface area contributed by atoms with Crippen molar-refractivity contribution >= 4 is 11.4 Å². The van der Waals surface area contributed by atoms with E-state index in [0.717, 1.165) is 17.7 Å². The van der Waals surface area contributed by atoms with Gasteiger partial charge in [-0.3, -0.25) is 0 Å². The molecule has 0 atom stereocenters. The molecule has 0 spiro atoms. The van der Waals surface area contributed by atoms with Gasteiger partial charge in [0.1, 0.15) is 5.82 Å². The normalized spacial score (nSPS) is 10.6. The topological polar surface area (TPSA) is 29.3 Å². The Kier molecular flexibility index (Phi) is 4.74. The zero-order chi connectivity index (χ0) is 14.5. The van der Waals surface area contributed by atoms with E-state index in [-0.39, 0.29) is 5.82 Å². The average Bonchev–Trinajstić information content (AvgIpc) is 2.44. The number of nitrogens with zero attached hydrogens (tertiary/aromatic N) is 1. The van der Waals surface area contributed by atoms with Crippen molar-refractivity contribution in [1.82, 2.24) is 0 Å². The monoisotopic (exact) mass is 272 g/mol. The van der Waals surface area contributed by atoms with Crippen molar-refractivity contribution in [3.63, 3.8) is 0 Å². The highest BCUT2D eigenvalue weighted by molar-refractivity contribution is 5.67. The predicted octanol–water partition coefficient (Wildman–Crippen LogP) is 3.79. The summed E-state index contributed by atoms with van der Waals surface area (Å²) in [5, 5.41) is 0. The fourth-order valence-electron chi connectivity index (χ4n) is 2.47. The van der Waals surface area contributed by atoms with Gasteiger partial charge in [-0.1, -0.05) is 29.8 Å². The molecule has 2 aromatic carbocycles. The SMILES string of the molecule is CCN(c1ccccc1F)c1ccc(C)cc1CCN. The smallest absolute Gasteiger partial charge is 0.146 e. The van der Waals surface area contributed by atoms with E-state index < -0.39 is 0 Å². The van der Waals surface area contributed by atoms with E-state index in [2.05, 4.69) is 25.1 Å². The van der Waals surface area contributed by atoms with Gasteiger partial charge in [0.2, 0.25) is 0 Å². The maximum atomic E-state index is 14.0. The van der Waals surface area contributed by atoms with Crippen LogP contribution in [0.4, 0.5) is 15.8 Å². The van der Waals surface area contributed by atoms with Crippen molar-refractivity contribution in [2.24, 2.45) is 5.73 Å². The number of para-hydroxylation sites is 1. The first-order valence-electron chi connectivity index (χ1n) is 6.99. The Balaban J connectivity index is 2.49. The fourth-order valence-corrected chi connectivity index (χ4v) is 2.47. The van der Waals surface area contributed by atoms with Crippen molar-refractivity contribution in [2.75, 3.05) is 18.0 Å². The number of anilines is 2. The van der Waals surface area contributed by atoms with Crippen molar-refractivity contribution < 1.29 is 4.39 Å². The first kappa shape index (κ1) is 14.5. The molecule has 0 saturated carbocycles. The van der Waals surface area contributed by atoms with E-state index in [1.807, 2.05) is 24.0 Å². The zero-order valence-corrected chi connectivity index (χ0v) is 12.1. The van der Waals surface area contributed by atoms with Gasteiger partial charge in [-0.15, -0.1) is 0 Å². The number of aryl methyl sites for hydroxylation is 1. The van der Waals surface area contributed by atoms with E-state index in [4.69, 9.17) is 5.73 Å². The van der Waals surface area contributed by atoms with Crippen LogP contribution in [0.25, 0.3) is 0 Å². The Bertz CT molecular complexity index is 581. The minimum Gasteiger partial charge on any atom is -0.339 e. The number of benzene rings is 2. The summed E-state index contributed by atoms with van der Waals surface area (Å²) in [4.78, 5) is 2.00. The third kappa shape index (κ3) is 2.99. The summed E-state index contributed by atoms with van der Waals surface area (Å²) in [7, 11) is 0. The molecule has 0 heterocycles. The molecule has 0 aromatic heterocycles. The van der Waals surface area contributed by atoms with Gasteiger partial charge in [-0.2, -0.15) is 0 Å². The summed E-state index contributed by atoms with van der Waals surface area (Å²) in [5.41, 5.74) is 9.70. The molecule has 0 amide bonds. The summed E-state index contributed by atoms with van der Waals surface area (Å²) in [5.74, 6) is -0.200. The van der Waals surface area contributed by atoms with Crippen LogP contribution in [0.3, 0.4) is 0 Å². The Morgan fingerprint density at radius 2 is 1.85 bits per heavy atom. The Morgan fingerprint density at radius 1 is 1.10 bits per heavy atom. The van der Waals surface area contributed by atoms with Crippen LogP contribution in [0, 0.1) is 12.7 Å². The van der Waals surface area contributed by atoms with Gasteiger partial charge in [0.05, 0.1) is 5.69 Å². The van der Waals surface area contributed by atoms with Crippen LogP contribution in [0.5, 0.6) is 0 Å². The minimum atomic E-state index is -0.200. The molecule has 0 fully saturated rings. The van der Waals surface area contributed by atoms with Crippen molar-refractivity contribution in [2.45, 2.75) is 20.3 Å². The van der Waals surface area contributed by atoms with Crippen LogP contribution in [-0.4, -0.2) is 13.1 Å². The van der Waals surface area contributed by atoms with Crippen molar-refractivity contribution in [3.05, 3.63) is 59.4 Å². The number of halogens is 1. The minimum absolute atomic E-state index is 0.200. The first-order valence-corrected chi connectivity index (χ1v) is 6.99. The highest BCUT2D eigenvalue weighted by Crippen LogP contribution is 2.31. The quantitative estimate of drug-likeness (QED) is 0.897. The molecule has 0 saturated heterocycles. The van der Waals surface area contributed by atoms with Crippen LogP contribution in [0.1, 0.15) is 18.1 Å². The molecule has 2 nitrogen and oxygen atoms in total. The molecule has 0 aliphatic carbocycles. The van der Waals surface area contributed by atoms with Gasteiger partial charge in [-0.25, -0.2) is 4.39 Å². The lowest BCUT2D eigenvalue weighted by Crippen LogP contribution is -2.20. The molecule has 0 aliphatic rings. The highest BCUT2D eigenvalue weighted by Gasteiger charge is 2.14. The van der Waals surface area contributed by atoms with Gasteiger partial charge in [0.15, 0.2) is 0 Å². The third-order valence-corrected chi connectivity index (χ3v) is 3.40. The molecule has 0 aliphatic heterocycles. The predicted molar refractivity (Wildman–Crippen MR) is 83.0 cm³/mol. The molecule has 2 N–H and O–H groups in total. The van der Waals surface area contributed by atoms with Crippen LogP contribution in [-0.2, 0) is 6.42 Å². The maximum absolute atomic E-state index is 14.0. The number of hydrogen-bond donors (Lipinski definition) is 1. The highest BCUT2D eigenvalue weighted by atomic mass is 19.1. The second-order valence-electron chi connectivity index (χ2n) is 4.87. The molecule has 2 aromatic rings. The number of rotatable bonds is 5. The second kappa shape index (κ2) is 6.53. The van der Waals surface area contributed by atoms with Crippen LogP contribution in [0.15, 0.2) is 42.5 Å². The first-order chi connectivity index (χ1) is 9.67. The molecule has 0 bridgehead atoms. The van der Waals surface area contributed by atoms with Crippen LogP contribution < -0.4 is 10.6 Å². The Labute approximate surface area is 120 Å². The van der Waals surface area contributed by atoms with E-state index in [0.29, 0.717) is 18.8 Å². The molecule has 0 unspecified atom stereocenters. The molecular formula is C17H21FN2. The van der Waals surface area contributed by atoms with Gasteiger partial charge >= 0.3 is 0 Å². The molecule has 3 heteroatoms. The van der Waals surface area contributed by atoms with Crippen LogP contribution >= 0.6 is 0 Å². The fraction of sp³-hybridized carbons (Fsp3) is 0.294. The lowest BCUT2D eigenvalue weighted by atomic mass is 10.0. The van der Waals surface area contributed by atoms with Gasteiger partial charge < -0.3 is 10.6 Å². The maximum Gasteiger partial charge on any atom is 0.146 e. The summed E-state index contributed by atoms with van der Waals surface area (Å²) in [6.45, 7) is 5.38. The summed E-state index contributed by atoms with van der Waals surface area (Å²) in [6, 6.07) is 13.1. The van der Waals surface area contributed by atoms with E-state index in [1.54, 1.807) is 6.07 Å². The van der Waals surface area contributed by atoms with E-state index >= 15 is 0 Å². The second-order valence-corrected chi connectivity index (χ2v) is 4.87. The Hall–Kier alpha value is -1.87. The van der Waals surface area contributed by atoms with Gasteiger partial charge in [-0.05, 0) is 50.6 Å². The lowest BCUT2D eigenvalue weighted by molar-refractivity contribution is 0.625. The van der Waals surface area contributed by atoms with E-state index in [1.165, 1.54) is 11.6 Å². The largest absolute Gasteiger partial charge is 0.339 e. The van der Waals surface area contributed by atoms with Crippen LogP contribution in [0.2, 0.25) is 0 Å². The average molecular weight is 272 g/mol. The summed E-state index contributed by atoms with van der Waals surface area (Å²) >= 11 is 0. The molecule has 106 valence electrons. The lowest BCUT2D eigenvalue weighted by Gasteiger charge is -2.26. The van der Waals surface area contributed by atoms with E-state index in [9.17, 15) is 4.39 Å². The number of hydrogen-bond acceptors (Lipinski definition) is 2. The van der Waals surface area contributed by atoms with Gasteiger partial charge in [0.25, 0.3) is 0 Å². The Morgan fingerprint density at radius 3 is 2.50 bits per heavy atom. The van der Waals surface area contributed by atoms with Crippen molar-refractivity contribution in [3.8, 4) is 0 Å². The molecular weight excluding hydrogens is 251 g/mol. The van der Waals surface area contributed by atoms with Crippen molar-refractivity contribution in [1.29, 1.82) is 0 Å². The summed E-state index contributed by atoms with van der Waals surface area (Å²) in [6.07, 6.45) is 0.794. The van der Waals surface area contributed by atoms with Gasteiger partial charge in [0, 0.05) is 12.2 Å².